The molecule has 5 nitrogen and oxygen atoms in total. The summed E-state index contributed by atoms with van der Waals surface area (Å²) in [6, 6.07) is 4.12. The first kappa shape index (κ1) is 12.9. The maximum atomic E-state index is 13.3. The van der Waals surface area contributed by atoms with Gasteiger partial charge >= 0.3 is 0 Å². The van der Waals surface area contributed by atoms with Crippen LogP contribution in [0.3, 0.4) is 0 Å². The first-order chi connectivity index (χ1) is 10.6. The monoisotopic (exact) mass is 296 g/mol. The molecule has 1 aliphatic rings. The summed E-state index contributed by atoms with van der Waals surface area (Å²) in [4.78, 5) is 17.0. The molecule has 0 radical (unpaired) electrons. The molecule has 0 spiro atoms. The highest BCUT2D eigenvalue weighted by Crippen LogP contribution is 2.27. The van der Waals surface area contributed by atoms with Gasteiger partial charge in [0.2, 0.25) is 0 Å². The number of halogens is 1. The zero-order valence-corrected chi connectivity index (χ0v) is 12.0. The molecule has 0 N–H and O–H groups in total. The van der Waals surface area contributed by atoms with E-state index in [0.717, 1.165) is 17.6 Å². The third-order valence-corrected chi connectivity index (χ3v) is 3.87. The highest BCUT2D eigenvalue weighted by molar-refractivity contribution is 5.84. The van der Waals surface area contributed by atoms with Gasteiger partial charge in [-0.05, 0) is 36.3 Å². The Labute approximate surface area is 125 Å². The van der Waals surface area contributed by atoms with E-state index in [4.69, 9.17) is 0 Å². The van der Waals surface area contributed by atoms with E-state index in [9.17, 15) is 9.18 Å². The highest BCUT2D eigenvalue weighted by atomic mass is 19.1. The van der Waals surface area contributed by atoms with E-state index in [-0.39, 0.29) is 5.56 Å². The Kier molecular flexibility index (Phi) is 2.72. The van der Waals surface area contributed by atoms with Crippen molar-refractivity contribution in [1.82, 2.24) is 19.3 Å². The van der Waals surface area contributed by atoms with Crippen molar-refractivity contribution in [2.45, 2.75) is 13.0 Å². The van der Waals surface area contributed by atoms with Gasteiger partial charge in [0.1, 0.15) is 11.6 Å². The number of benzene rings is 1. The predicted octanol–water partition coefficient (Wildman–Crippen LogP) is 2.21. The first-order valence-corrected chi connectivity index (χ1v) is 7.01. The molecule has 0 unspecified atom stereocenters. The number of nitrogens with zero attached hydrogens (tertiary/aromatic N) is 4. The van der Waals surface area contributed by atoms with Crippen molar-refractivity contribution in [1.29, 1.82) is 0 Å². The van der Waals surface area contributed by atoms with Crippen molar-refractivity contribution >= 4 is 22.6 Å². The standard InChI is InChI=1S/C16H13FN4O/c1-20-9-10(8-18-20)6-11-4-5-21-15(11)19-14-3-2-12(17)7-13(14)16(21)22/h2-3,6-9H,4-5H2,1H3. The van der Waals surface area contributed by atoms with E-state index in [1.54, 1.807) is 21.5 Å². The van der Waals surface area contributed by atoms with E-state index < -0.39 is 5.82 Å². The minimum Gasteiger partial charge on any atom is -0.292 e. The van der Waals surface area contributed by atoms with Gasteiger partial charge in [-0.3, -0.25) is 14.0 Å². The van der Waals surface area contributed by atoms with E-state index in [1.807, 2.05) is 19.3 Å². The Bertz CT molecular complexity index is 983. The number of hydrogen-bond donors (Lipinski definition) is 0. The van der Waals surface area contributed by atoms with Crippen molar-refractivity contribution in [3.8, 4) is 0 Å². The van der Waals surface area contributed by atoms with Crippen LogP contribution in [-0.4, -0.2) is 19.3 Å². The lowest BCUT2D eigenvalue weighted by molar-refractivity contribution is 0.628. The largest absolute Gasteiger partial charge is 0.292 e. The fourth-order valence-electron chi connectivity index (χ4n) is 2.84. The van der Waals surface area contributed by atoms with Crippen LogP contribution < -0.4 is 5.56 Å². The third kappa shape index (κ3) is 1.95. The average molecular weight is 296 g/mol. The van der Waals surface area contributed by atoms with E-state index >= 15 is 0 Å². The molecule has 110 valence electrons. The van der Waals surface area contributed by atoms with Gasteiger partial charge in [0.15, 0.2) is 0 Å². The van der Waals surface area contributed by atoms with Crippen molar-refractivity contribution in [2.75, 3.05) is 0 Å². The molecule has 3 heterocycles. The molecule has 4 rings (SSSR count). The quantitative estimate of drug-likeness (QED) is 0.692. The van der Waals surface area contributed by atoms with Crippen LogP contribution >= 0.6 is 0 Å². The highest BCUT2D eigenvalue weighted by Gasteiger charge is 2.21. The Morgan fingerprint density at radius 2 is 2.23 bits per heavy atom. The van der Waals surface area contributed by atoms with E-state index in [1.165, 1.54) is 12.1 Å². The second-order valence-electron chi connectivity index (χ2n) is 5.42. The van der Waals surface area contributed by atoms with Gasteiger partial charge in [-0.15, -0.1) is 0 Å². The van der Waals surface area contributed by atoms with Crippen molar-refractivity contribution in [2.24, 2.45) is 7.05 Å². The average Bonchev–Trinajstić information content (AvgIpc) is 3.08. The van der Waals surface area contributed by atoms with Gasteiger partial charge in [0, 0.05) is 25.4 Å². The summed E-state index contributed by atoms with van der Waals surface area (Å²) in [6.07, 6.45) is 6.40. The van der Waals surface area contributed by atoms with Gasteiger partial charge in [-0.1, -0.05) is 0 Å². The molecule has 0 aliphatic carbocycles. The number of rotatable bonds is 1. The molecule has 0 saturated carbocycles. The molecule has 0 bridgehead atoms. The minimum atomic E-state index is -0.420. The summed E-state index contributed by atoms with van der Waals surface area (Å²) in [5.41, 5.74) is 2.31. The molecule has 1 aromatic carbocycles. The van der Waals surface area contributed by atoms with Crippen molar-refractivity contribution < 1.29 is 4.39 Å². The van der Waals surface area contributed by atoms with E-state index in [0.29, 0.717) is 23.3 Å². The molecule has 0 atom stereocenters. The Morgan fingerprint density at radius 1 is 1.36 bits per heavy atom. The van der Waals surface area contributed by atoms with Gasteiger partial charge in [-0.2, -0.15) is 5.10 Å². The SMILES string of the molecule is Cn1cc(C=C2CCn3c2nc2ccc(F)cc2c3=O)cn1. The number of aromatic nitrogens is 4. The molecular formula is C16H13FN4O. The molecule has 0 fully saturated rings. The van der Waals surface area contributed by atoms with Gasteiger partial charge < -0.3 is 0 Å². The van der Waals surface area contributed by atoms with Gasteiger partial charge in [0.05, 0.1) is 17.1 Å². The van der Waals surface area contributed by atoms with Crippen LogP contribution in [0.15, 0.2) is 35.4 Å². The zero-order chi connectivity index (χ0) is 15.3. The summed E-state index contributed by atoms with van der Waals surface area (Å²) in [6.45, 7) is 0.569. The smallest absolute Gasteiger partial charge is 0.261 e. The molecule has 0 amide bonds. The van der Waals surface area contributed by atoms with Crippen molar-refractivity contribution in [3.05, 3.63) is 58.2 Å². The van der Waals surface area contributed by atoms with Crippen LogP contribution in [0.5, 0.6) is 0 Å². The Hall–Kier alpha value is -2.76. The third-order valence-electron chi connectivity index (χ3n) is 3.87. The lowest BCUT2D eigenvalue weighted by atomic mass is 10.1. The molecule has 1 aliphatic heterocycles. The second-order valence-corrected chi connectivity index (χ2v) is 5.42. The molecule has 2 aromatic heterocycles. The lowest BCUT2D eigenvalue weighted by Crippen LogP contribution is -2.20. The lowest BCUT2D eigenvalue weighted by Gasteiger charge is -2.05. The zero-order valence-electron chi connectivity index (χ0n) is 12.0. The fourth-order valence-corrected chi connectivity index (χ4v) is 2.84. The van der Waals surface area contributed by atoms with Crippen LogP contribution in [0.2, 0.25) is 0 Å². The Balaban J connectivity index is 1.92. The maximum Gasteiger partial charge on any atom is 0.261 e. The molecule has 6 heteroatoms. The predicted molar refractivity (Wildman–Crippen MR) is 81.7 cm³/mol. The Morgan fingerprint density at radius 3 is 3.00 bits per heavy atom. The topological polar surface area (TPSA) is 52.7 Å². The van der Waals surface area contributed by atoms with Crippen LogP contribution in [0.25, 0.3) is 22.6 Å². The molecular weight excluding hydrogens is 283 g/mol. The molecule has 3 aromatic rings. The summed E-state index contributed by atoms with van der Waals surface area (Å²) in [5.74, 6) is 0.240. The molecule has 22 heavy (non-hydrogen) atoms. The maximum absolute atomic E-state index is 13.3. The number of hydrogen-bond acceptors (Lipinski definition) is 3. The van der Waals surface area contributed by atoms with Crippen LogP contribution in [0, 0.1) is 5.82 Å². The van der Waals surface area contributed by atoms with Crippen LogP contribution in [0.4, 0.5) is 4.39 Å². The minimum absolute atomic E-state index is 0.186. The summed E-state index contributed by atoms with van der Waals surface area (Å²) in [5, 5.41) is 4.46. The van der Waals surface area contributed by atoms with Crippen LogP contribution in [0.1, 0.15) is 17.8 Å². The summed E-state index contributed by atoms with van der Waals surface area (Å²) in [7, 11) is 1.86. The second kappa shape index (κ2) is 4.62. The number of fused-ring (bicyclic) bond motifs is 2. The van der Waals surface area contributed by atoms with E-state index in [2.05, 4.69) is 10.1 Å². The summed E-state index contributed by atoms with van der Waals surface area (Å²) >= 11 is 0. The van der Waals surface area contributed by atoms with Crippen LogP contribution in [-0.2, 0) is 13.6 Å². The number of allylic oxidation sites excluding steroid dienone is 1. The first-order valence-electron chi connectivity index (χ1n) is 7.01. The van der Waals surface area contributed by atoms with Gasteiger partial charge in [0.25, 0.3) is 5.56 Å². The summed E-state index contributed by atoms with van der Waals surface area (Å²) < 4.78 is 16.7. The molecule has 0 saturated heterocycles. The normalized spacial score (nSPS) is 15.6. The van der Waals surface area contributed by atoms with Crippen molar-refractivity contribution in [3.63, 3.8) is 0 Å². The fraction of sp³-hybridized carbons (Fsp3) is 0.188. The van der Waals surface area contributed by atoms with Gasteiger partial charge in [-0.25, -0.2) is 9.37 Å². The number of aryl methyl sites for hydroxylation is 1.